The Hall–Kier alpha value is -19.9. The Bertz CT molecular complexity index is 9760. The van der Waals surface area contributed by atoms with Gasteiger partial charge in [-0.05, 0) is 146 Å². The molecule has 10 aromatic heterocycles. The number of fused-ring (bicyclic) bond motifs is 12. The Morgan fingerprint density at radius 3 is 0.952 bits per heavy atom. The van der Waals surface area contributed by atoms with E-state index in [2.05, 4.69) is 376 Å². The van der Waals surface area contributed by atoms with Crippen LogP contribution in [0.1, 0.15) is 0 Å². The van der Waals surface area contributed by atoms with Gasteiger partial charge in [0.25, 0.3) is 0 Å². The van der Waals surface area contributed by atoms with Crippen LogP contribution in [-0.2, 0) is 0 Å². The molecule has 0 amide bonds. The number of hydrogen-bond acceptors (Lipinski definition) is 13. The highest BCUT2D eigenvalue weighted by Crippen LogP contribution is 2.47. The zero-order chi connectivity index (χ0) is 96.5. The molecule has 0 aliphatic carbocycles. The molecule has 0 fully saturated rings. The van der Waals surface area contributed by atoms with E-state index >= 15 is 0 Å². The number of rotatable bonds is 18. The Balaban J connectivity index is 0.468. The third-order valence-electron chi connectivity index (χ3n) is 27.9. The molecule has 17 aromatic carbocycles. The zero-order valence-electron chi connectivity index (χ0n) is 78.6. The summed E-state index contributed by atoms with van der Waals surface area (Å²) in [5.41, 5.74) is 34.8. The molecule has 0 spiro atoms. The highest BCUT2D eigenvalue weighted by atomic mass is 15.0. The van der Waals surface area contributed by atoms with Crippen LogP contribution in [0, 0.1) is 0 Å². The average Bonchev–Trinajstić information content (AvgIpc) is 0.744. The van der Waals surface area contributed by atoms with E-state index in [1.54, 1.807) is 0 Å². The van der Waals surface area contributed by atoms with Crippen molar-refractivity contribution in [2.75, 3.05) is 0 Å². The maximum Gasteiger partial charge on any atom is 0.164 e. The normalized spacial score (nSPS) is 11.6. The first-order chi connectivity index (χ1) is 72.3. The predicted molar refractivity (Wildman–Crippen MR) is 596 cm³/mol. The van der Waals surface area contributed by atoms with E-state index in [1.165, 1.54) is 0 Å². The first kappa shape index (κ1) is 85.3. The molecule has 0 saturated heterocycles. The number of aromatic nitrogens is 13. The molecular weight excluding hydrogens is 1780 g/mol. The van der Waals surface area contributed by atoms with Crippen molar-refractivity contribution in [3.8, 4) is 203 Å². The zero-order valence-corrected chi connectivity index (χ0v) is 78.6. The molecule has 10 heterocycles. The van der Waals surface area contributed by atoms with Crippen molar-refractivity contribution in [3.63, 3.8) is 0 Å². The molecule has 27 rings (SSSR count). The number of pyridine rings is 8. The summed E-state index contributed by atoms with van der Waals surface area (Å²) in [5.74, 6) is 2.36. The number of nitrogens with zero attached hydrogens (tertiary/aromatic N) is 13. The molecule has 0 saturated carbocycles. The minimum atomic E-state index is 0.548. The van der Waals surface area contributed by atoms with Crippen molar-refractivity contribution in [2.24, 2.45) is 0 Å². The van der Waals surface area contributed by atoms with Crippen molar-refractivity contribution in [1.82, 2.24) is 64.8 Å². The molecule has 0 radical (unpaired) electrons. The van der Waals surface area contributed by atoms with Gasteiger partial charge in [0.2, 0.25) is 0 Å². The van der Waals surface area contributed by atoms with Gasteiger partial charge in [0.1, 0.15) is 0 Å². The van der Waals surface area contributed by atoms with Crippen LogP contribution in [0.5, 0.6) is 0 Å². The lowest BCUT2D eigenvalue weighted by Gasteiger charge is -2.15. The topological polar surface area (TPSA) is 168 Å². The van der Waals surface area contributed by atoms with Gasteiger partial charge < -0.3 is 0 Å². The van der Waals surface area contributed by atoms with Crippen molar-refractivity contribution in [1.29, 1.82) is 0 Å². The lowest BCUT2D eigenvalue weighted by molar-refractivity contribution is 1.07. The fraction of sp³-hybridized carbons (Fsp3) is 0. The second-order valence-electron chi connectivity index (χ2n) is 36.7. The van der Waals surface area contributed by atoms with Gasteiger partial charge in [-0.15, -0.1) is 0 Å². The fourth-order valence-electron chi connectivity index (χ4n) is 20.7. The Morgan fingerprint density at radius 1 is 0.137 bits per heavy atom. The summed E-state index contributed by atoms with van der Waals surface area (Å²) in [6.07, 6.45) is 5.75. The molecular formula is C133H81N13. The third kappa shape index (κ3) is 15.8. The summed E-state index contributed by atoms with van der Waals surface area (Å²) < 4.78 is 0. The molecule has 0 aliphatic rings. The van der Waals surface area contributed by atoms with E-state index in [0.29, 0.717) is 23.3 Å². The van der Waals surface area contributed by atoms with Gasteiger partial charge in [0, 0.05) is 133 Å². The van der Waals surface area contributed by atoms with Gasteiger partial charge >= 0.3 is 0 Å². The largest absolute Gasteiger partial charge is 0.255 e. The molecule has 0 atom stereocenters. The smallest absolute Gasteiger partial charge is 0.164 e. The number of hydrogen-bond donors (Lipinski definition) is 0. The Morgan fingerprint density at radius 2 is 0.466 bits per heavy atom. The van der Waals surface area contributed by atoms with Gasteiger partial charge in [0.05, 0.1) is 84.5 Å². The summed E-state index contributed by atoms with van der Waals surface area (Å²) in [7, 11) is 0. The molecule has 0 unspecified atom stereocenters. The molecule has 0 N–H and O–H groups in total. The van der Waals surface area contributed by atoms with Crippen LogP contribution in [0.2, 0.25) is 0 Å². The number of para-hydroxylation sites is 3. The van der Waals surface area contributed by atoms with Crippen molar-refractivity contribution >= 4 is 86.8 Å². The van der Waals surface area contributed by atoms with Gasteiger partial charge in [-0.2, -0.15) is 0 Å². The monoisotopic (exact) mass is 1860 g/mol. The molecule has 0 bridgehead atoms. The first-order valence-electron chi connectivity index (χ1n) is 48.9. The minimum Gasteiger partial charge on any atom is -0.255 e. The van der Waals surface area contributed by atoms with Crippen LogP contribution in [0.15, 0.2) is 492 Å². The van der Waals surface area contributed by atoms with Crippen LogP contribution in [0.3, 0.4) is 0 Å². The van der Waals surface area contributed by atoms with Crippen molar-refractivity contribution < 1.29 is 0 Å². The molecule has 0 aliphatic heterocycles. The third-order valence-corrected chi connectivity index (χ3v) is 27.9. The van der Waals surface area contributed by atoms with Gasteiger partial charge in [-0.1, -0.05) is 394 Å². The molecule has 13 nitrogen and oxygen atoms in total. The molecule has 146 heavy (non-hydrogen) atoms. The number of benzene rings is 17. The summed E-state index contributed by atoms with van der Waals surface area (Å²) >= 11 is 0. The second kappa shape index (κ2) is 36.4. The predicted octanol–water partition coefficient (Wildman–Crippen LogP) is 33.1. The summed E-state index contributed by atoms with van der Waals surface area (Å²) in [6, 6.07) is 165. The highest BCUT2D eigenvalue weighted by Gasteiger charge is 2.25. The Kier molecular flexibility index (Phi) is 21.3. The van der Waals surface area contributed by atoms with Gasteiger partial charge in [-0.25, -0.2) is 49.8 Å². The molecule has 13 heteroatoms. The van der Waals surface area contributed by atoms with Crippen molar-refractivity contribution in [2.45, 2.75) is 0 Å². The van der Waals surface area contributed by atoms with E-state index in [1.807, 2.05) is 116 Å². The SMILES string of the molecule is c1ccc(-c2cc(-c3ccc(-c4cccc(-c5cccc6c(-c7ccc(-c8cccc(-c9nc(-c%10ccccc%10)nc(-c%10ccc(-c%11cccc(-c%12cccc%13c(-c%14ccc(-c%15cc(-c%16ccccc%16)nc%16c%15ccc%15ccc(-c%17ccc(-c%18cccc%19c(-c%20ccccn%20)nc%20ccccc%20c%18%19)cc%17)nc%15%16)cn%14)nc%14ccccc%14c%12%13)c%11)cc%10)n9)c8)cn7)nc7ccccc7c56)c4)cc3)nc(-c3ccccc3)n2)cc1. The van der Waals surface area contributed by atoms with E-state index in [4.69, 9.17) is 64.8 Å². The van der Waals surface area contributed by atoms with E-state index in [0.717, 1.165) is 266 Å². The van der Waals surface area contributed by atoms with Crippen molar-refractivity contribution in [3.05, 3.63) is 492 Å². The standard InChI is InChI=1S/C133H81N13/c1-5-27-85(28-6-1)119-78-111(104-70-66-89-67-71-112(137-125(89)129(104)141-119)87-62-58-84(59-63-87)101-44-24-47-108-122(101)105-41-13-16-50-113(105)138-126(108)116-53-19-20-74-134-116)100-69-73-118(136-81-100)128-110-49-26-46-103(124(110)107-43-15-18-52-115(107)140-128)97-39-22-36-94(76-97)83-56-64-92(65-57-83)132-144-131(91-33-11-4-12-34-91)145-133(146-132)98-40-23-37-95(77-98)99-68-72-117(135-80-99)127-109-48-25-45-102(123(109)106-42-14-17-51-114(106)139-127)96-38-21-35-93(75-96)82-54-60-88(61-55-82)121-79-120(86-29-7-2-8-30-86)142-130(143-121)90-31-9-3-10-32-90/h1-81H. The minimum absolute atomic E-state index is 0.548. The van der Waals surface area contributed by atoms with Crippen LogP contribution in [-0.4, -0.2) is 64.8 Å². The lowest BCUT2D eigenvalue weighted by atomic mass is 9.92. The first-order valence-corrected chi connectivity index (χ1v) is 48.9. The van der Waals surface area contributed by atoms with E-state index in [9.17, 15) is 0 Å². The molecule has 27 aromatic rings. The summed E-state index contributed by atoms with van der Waals surface area (Å²) in [4.78, 5) is 68.1. The maximum atomic E-state index is 5.50. The van der Waals surface area contributed by atoms with E-state index in [-0.39, 0.29) is 0 Å². The van der Waals surface area contributed by atoms with E-state index < -0.39 is 0 Å². The quantitative estimate of drug-likeness (QED) is 0.0745. The van der Waals surface area contributed by atoms with Crippen LogP contribution in [0.25, 0.3) is 289 Å². The summed E-state index contributed by atoms with van der Waals surface area (Å²) in [6.45, 7) is 0. The van der Waals surface area contributed by atoms with Crippen LogP contribution in [0.4, 0.5) is 0 Å². The van der Waals surface area contributed by atoms with Crippen LogP contribution >= 0.6 is 0 Å². The molecule has 678 valence electrons. The fourth-order valence-corrected chi connectivity index (χ4v) is 20.7. The van der Waals surface area contributed by atoms with Gasteiger partial charge in [0.15, 0.2) is 23.3 Å². The maximum absolute atomic E-state index is 5.50. The Labute approximate surface area is 840 Å². The highest BCUT2D eigenvalue weighted by molar-refractivity contribution is 6.20. The summed E-state index contributed by atoms with van der Waals surface area (Å²) in [5, 5.41) is 11.6. The second-order valence-corrected chi connectivity index (χ2v) is 36.7. The van der Waals surface area contributed by atoms with Crippen LogP contribution < -0.4 is 0 Å². The van der Waals surface area contributed by atoms with Gasteiger partial charge in [-0.3, -0.25) is 15.0 Å². The lowest BCUT2D eigenvalue weighted by Crippen LogP contribution is -2.00. The average molecular weight is 1860 g/mol.